The van der Waals surface area contributed by atoms with Gasteiger partial charge in [-0.15, -0.1) is 0 Å². The molecule has 2 unspecified atom stereocenters. The Kier molecular flexibility index (Phi) is 3.87. The highest BCUT2D eigenvalue weighted by molar-refractivity contribution is 5.35. The summed E-state index contributed by atoms with van der Waals surface area (Å²) in [5, 5.41) is 0. The molecule has 1 aliphatic heterocycles. The maximum Gasteiger partial charge on any atom is 0.119 e. The average Bonchev–Trinajstić information content (AvgIpc) is 2.56. The van der Waals surface area contributed by atoms with E-state index < -0.39 is 0 Å². The molecule has 16 heavy (non-hydrogen) atoms. The summed E-state index contributed by atoms with van der Waals surface area (Å²) in [6, 6.07) is 0. The normalized spacial score (nSPS) is 35.3. The van der Waals surface area contributed by atoms with E-state index in [1.54, 1.807) is 0 Å². The first kappa shape index (κ1) is 11.5. The molecule has 0 bridgehead atoms. The Hall–Kier alpha value is -0.980. The number of rotatable bonds is 1. The van der Waals surface area contributed by atoms with Gasteiger partial charge in [-0.25, -0.2) is 0 Å². The van der Waals surface area contributed by atoms with Crippen LogP contribution in [0.3, 0.4) is 0 Å². The van der Waals surface area contributed by atoms with Crippen LogP contribution in [0.2, 0.25) is 0 Å². The van der Waals surface area contributed by atoms with Gasteiger partial charge in [0.05, 0.1) is 0 Å². The zero-order valence-corrected chi connectivity index (χ0v) is 10.2. The minimum atomic E-state index is 0.428. The fourth-order valence-corrected chi connectivity index (χ4v) is 2.93. The van der Waals surface area contributed by atoms with Gasteiger partial charge in [0.25, 0.3) is 0 Å². The Bertz CT molecular complexity index is 311. The van der Waals surface area contributed by atoms with Crippen molar-refractivity contribution < 1.29 is 4.74 Å². The van der Waals surface area contributed by atoms with Gasteiger partial charge < -0.3 is 4.74 Å². The maximum atomic E-state index is 6.06. The second kappa shape index (κ2) is 5.38. The van der Waals surface area contributed by atoms with Crippen molar-refractivity contribution in [1.82, 2.24) is 0 Å². The van der Waals surface area contributed by atoms with Crippen LogP contribution in [0.15, 0.2) is 36.1 Å². The van der Waals surface area contributed by atoms with E-state index in [-0.39, 0.29) is 0 Å². The first-order valence-electron chi connectivity index (χ1n) is 6.52. The van der Waals surface area contributed by atoms with Crippen molar-refractivity contribution in [2.75, 3.05) is 0 Å². The second-order valence-electron chi connectivity index (χ2n) is 4.76. The van der Waals surface area contributed by atoms with Crippen LogP contribution in [-0.4, -0.2) is 6.10 Å². The van der Waals surface area contributed by atoms with Crippen molar-refractivity contribution in [2.45, 2.75) is 51.6 Å². The van der Waals surface area contributed by atoms with Crippen molar-refractivity contribution in [3.05, 3.63) is 36.1 Å². The summed E-state index contributed by atoms with van der Waals surface area (Å²) in [5.74, 6) is 1.71. The van der Waals surface area contributed by atoms with E-state index in [4.69, 9.17) is 4.74 Å². The zero-order chi connectivity index (χ0) is 11.4. The van der Waals surface area contributed by atoms with Gasteiger partial charge >= 0.3 is 0 Å². The highest BCUT2D eigenvalue weighted by Gasteiger charge is 2.35. The molecule has 1 heterocycles. The standard InChI is InChI=1S/C15H22O/c1-3-9-12-13-10-7-5-6-8-11-15(13)16-14(12)4-2/h3-4,9,13,15H,1,5-8,10-11H2,2H3/b12-9-,14-4+. The highest BCUT2D eigenvalue weighted by atomic mass is 16.5. The highest BCUT2D eigenvalue weighted by Crippen LogP contribution is 2.41. The fraction of sp³-hybridized carbons (Fsp3) is 0.600. The lowest BCUT2D eigenvalue weighted by atomic mass is 9.85. The fourth-order valence-electron chi connectivity index (χ4n) is 2.93. The lowest BCUT2D eigenvalue weighted by Crippen LogP contribution is -2.18. The first-order chi connectivity index (χ1) is 7.86. The molecule has 1 aliphatic carbocycles. The van der Waals surface area contributed by atoms with Gasteiger partial charge in [-0.05, 0) is 32.3 Å². The molecule has 0 radical (unpaired) electrons. The molecule has 2 aliphatic rings. The van der Waals surface area contributed by atoms with Gasteiger partial charge in [-0.3, -0.25) is 0 Å². The Morgan fingerprint density at radius 3 is 2.62 bits per heavy atom. The molecular formula is C15H22O. The lowest BCUT2D eigenvalue weighted by molar-refractivity contribution is 0.110. The number of hydrogen-bond donors (Lipinski definition) is 0. The Morgan fingerprint density at radius 2 is 1.94 bits per heavy atom. The van der Waals surface area contributed by atoms with Gasteiger partial charge in [0, 0.05) is 11.5 Å². The third-order valence-corrected chi connectivity index (χ3v) is 3.72. The predicted molar refractivity (Wildman–Crippen MR) is 68.1 cm³/mol. The molecule has 1 saturated carbocycles. The summed E-state index contributed by atoms with van der Waals surface area (Å²) in [6.07, 6.45) is 14.5. The Morgan fingerprint density at radius 1 is 1.19 bits per heavy atom. The van der Waals surface area contributed by atoms with Gasteiger partial charge in [0.2, 0.25) is 0 Å². The van der Waals surface area contributed by atoms with Crippen LogP contribution in [0.5, 0.6) is 0 Å². The SMILES string of the molecule is C=C/C=C1\C(=C/C)OC2CCCCCCC12. The summed E-state index contributed by atoms with van der Waals surface area (Å²) < 4.78 is 6.06. The summed E-state index contributed by atoms with van der Waals surface area (Å²) >= 11 is 0. The molecule has 0 aromatic carbocycles. The molecule has 88 valence electrons. The van der Waals surface area contributed by atoms with Crippen LogP contribution >= 0.6 is 0 Å². The van der Waals surface area contributed by atoms with Crippen molar-refractivity contribution in [3.8, 4) is 0 Å². The van der Waals surface area contributed by atoms with Crippen LogP contribution in [0.25, 0.3) is 0 Å². The summed E-state index contributed by atoms with van der Waals surface area (Å²) in [6.45, 7) is 5.87. The predicted octanol–water partition coefficient (Wildman–Crippen LogP) is 4.37. The lowest BCUT2D eigenvalue weighted by Gasteiger charge is -2.20. The van der Waals surface area contributed by atoms with Gasteiger partial charge in [0.15, 0.2) is 0 Å². The molecule has 1 nitrogen and oxygen atoms in total. The number of hydrogen-bond acceptors (Lipinski definition) is 1. The molecule has 2 rings (SSSR count). The summed E-state index contributed by atoms with van der Waals surface area (Å²) in [7, 11) is 0. The third kappa shape index (κ3) is 2.23. The molecule has 0 N–H and O–H groups in total. The molecule has 2 fully saturated rings. The van der Waals surface area contributed by atoms with Crippen LogP contribution in [0.1, 0.15) is 45.4 Å². The van der Waals surface area contributed by atoms with Crippen LogP contribution in [0.4, 0.5) is 0 Å². The molecule has 0 aromatic rings. The quantitative estimate of drug-likeness (QED) is 0.635. The molecule has 2 atom stereocenters. The number of fused-ring (bicyclic) bond motifs is 1. The maximum absolute atomic E-state index is 6.06. The molecule has 1 saturated heterocycles. The van der Waals surface area contributed by atoms with Crippen molar-refractivity contribution in [3.63, 3.8) is 0 Å². The van der Waals surface area contributed by atoms with Gasteiger partial charge in [0.1, 0.15) is 11.9 Å². The summed E-state index contributed by atoms with van der Waals surface area (Å²) in [4.78, 5) is 0. The van der Waals surface area contributed by atoms with Crippen molar-refractivity contribution in [2.24, 2.45) is 5.92 Å². The van der Waals surface area contributed by atoms with E-state index in [9.17, 15) is 0 Å². The number of allylic oxidation sites excluding steroid dienone is 4. The van der Waals surface area contributed by atoms with E-state index in [0.717, 1.165) is 5.76 Å². The van der Waals surface area contributed by atoms with E-state index >= 15 is 0 Å². The number of ether oxygens (including phenoxy) is 1. The minimum Gasteiger partial charge on any atom is -0.490 e. The largest absolute Gasteiger partial charge is 0.490 e. The molecular weight excluding hydrogens is 196 g/mol. The van der Waals surface area contributed by atoms with Crippen molar-refractivity contribution in [1.29, 1.82) is 0 Å². The Balaban J connectivity index is 2.22. The smallest absolute Gasteiger partial charge is 0.119 e. The molecule has 0 spiro atoms. The summed E-state index contributed by atoms with van der Waals surface area (Å²) in [5.41, 5.74) is 1.38. The van der Waals surface area contributed by atoms with Gasteiger partial charge in [-0.1, -0.05) is 38.0 Å². The van der Waals surface area contributed by atoms with Crippen molar-refractivity contribution >= 4 is 0 Å². The molecule has 0 aromatic heterocycles. The van der Waals surface area contributed by atoms with E-state index in [2.05, 4.69) is 25.7 Å². The van der Waals surface area contributed by atoms with Crippen LogP contribution in [0, 0.1) is 5.92 Å². The monoisotopic (exact) mass is 218 g/mol. The van der Waals surface area contributed by atoms with E-state index in [1.165, 1.54) is 44.1 Å². The minimum absolute atomic E-state index is 0.428. The molecule has 0 amide bonds. The van der Waals surface area contributed by atoms with Crippen LogP contribution < -0.4 is 0 Å². The second-order valence-corrected chi connectivity index (χ2v) is 4.76. The van der Waals surface area contributed by atoms with E-state index in [0.29, 0.717) is 12.0 Å². The topological polar surface area (TPSA) is 9.23 Å². The van der Waals surface area contributed by atoms with Crippen LogP contribution in [-0.2, 0) is 4.74 Å². The average molecular weight is 218 g/mol. The molecule has 1 heteroatoms. The first-order valence-corrected chi connectivity index (χ1v) is 6.52. The third-order valence-electron chi connectivity index (χ3n) is 3.72. The Labute approximate surface area is 98.9 Å². The van der Waals surface area contributed by atoms with Gasteiger partial charge in [-0.2, -0.15) is 0 Å². The van der Waals surface area contributed by atoms with E-state index in [1.807, 2.05) is 6.08 Å². The zero-order valence-electron chi connectivity index (χ0n) is 10.2.